The van der Waals surface area contributed by atoms with Crippen LogP contribution in [0.2, 0.25) is 0 Å². The van der Waals surface area contributed by atoms with Crippen molar-refractivity contribution < 1.29 is 14.2 Å². The maximum absolute atomic E-state index is 6.48. The monoisotopic (exact) mass is 278 g/mol. The van der Waals surface area contributed by atoms with Gasteiger partial charge in [0.25, 0.3) is 0 Å². The van der Waals surface area contributed by atoms with Gasteiger partial charge in [-0.1, -0.05) is 6.07 Å². The molecule has 0 amide bonds. The first-order valence-electron chi connectivity index (χ1n) is 7.20. The summed E-state index contributed by atoms with van der Waals surface area (Å²) in [5.41, 5.74) is 7.35. The number of hydrogen-bond acceptors (Lipinski definition) is 5. The van der Waals surface area contributed by atoms with Crippen LogP contribution in [0.1, 0.15) is 30.9 Å². The highest BCUT2D eigenvalue weighted by atomic mass is 16.6. The van der Waals surface area contributed by atoms with Gasteiger partial charge in [0, 0.05) is 37.4 Å². The van der Waals surface area contributed by atoms with Gasteiger partial charge in [-0.3, -0.25) is 0 Å². The summed E-state index contributed by atoms with van der Waals surface area (Å²) in [6.07, 6.45) is 4.62. The maximum Gasteiger partial charge on any atom is 0.217 e. The van der Waals surface area contributed by atoms with Crippen LogP contribution in [-0.2, 0) is 9.47 Å². The molecule has 20 heavy (non-hydrogen) atoms. The van der Waals surface area contributed by atoms with Gasteiger partial charge in [0.15, 0.2) is 0 Å². The van der Waals surface area contributed by atoms with Crippen LogP contribution in [0.15, 0.2) is 18.3 Å². The second kappa shape index (κ2) is 5.68. The van der Waals surface area contributed by atoms with Crippen LogP contribution in [0.5, 0.6) is 5.88 Å². The molecule has 3 unspecified atom stereocenters. The van der Waals surface area contributed by atoms with Gasteiger partial charge < -0.3 is 19.9 Å². The lowest BCUT2D eigenvalue weighted by Gasteiger charge is -2.39. The van der Waals surface area contributed by atoms with Crippen molar-refractivity contribution in [1.82, 2.24) is 4.98 Å². The molecule has 0 aromatic carbocycles. The van der Waals surface area contributed by atoms with Gasteiger partial charge in [-0.2, -0.15) is 0 Å². The molecule has 1 aromatic rings. The molecule has 2 aliphatic heterocycles. The fourth-order valence-corrected chi connectivity index (χ4v) is 3.32. The summed E-state index contributed by atoms with van der Waals surface area (Å²) < 4.78 is 16.8. The number of methoxy groups -OCH3 is 1. The fraction of sp³-hybridized carbons (Fsp3) is 0.667. The molecule has 2 aliphatic rings. The largest absolute Gasteiger partial charge is 0.481 e. The standard InChI is InChI=1S/C15H22N2O3/c1-18-14-12(3-2-6-17-14)13(16)11-4-7-20-15(9-11)5-8-19-10-15/h2-3,6,11,13H,4-5,7-10,16H2,1H3. The van der Waals surface area contributed by atoms with Crippen LogP contribution in [0.25, 0.3) is 0 Å². The van der Waals surface area contributed by atoms with Gasteiger partial charge in [0.2, 0.25) is 5.88 Å². The van der Waals surface area contributed by atoms with Crippen molar-refractivity contribution in [1.29, 1.82) is 0 Å². The second-order valence-corrected chi connectivity index (χ2v) is 5.71. The number of aromatic nitrogens is 1. The van der Waals surface area contributed by atoms with E-state index in [-0.39, 0.29) is 11.6 Å². The minimum Gasteiger partial charge on any atom is -0.481 e. The van der Waals surface area contributed by atoms with Crippen molar-refractivity contribution in [2.24, 2.45) is 11.7 Å². The molecule has 0 aliphatic carbocycles. The molecule has 110 valence electrons. The lowest BCUT2D eigenvalue weighted by atomic mass is 9.79. The zero-order valence-electron chi connectivity index (χ0n) is 11.9. The average Bonchev–Trinajstić information content (AvgIpc) is 2.94. The van der Waals surface area contributed by atoms with E-state index in [0.29, 0.717) is 18.4 Å². The predicted molar refractivity (Wildman–Crippen MR) is 74.6 cm³/mol. The zero-order chi connectivity index (χ0) is 14.0. The quantitative estimate of drug-likeness (QED) is 0.911. The Morgan fingerprint density at radius 2 is 2.40 bits per heavy atom. The molecule has 2 N–H and O–H groups in total. The van der Waals surface area contributed by atoms with E-state index in [1.54, 1.807) is 13.3 Å². The molecule has 0 saturated carbocycles. The third-order valence-electron chi connectivity index (χ3n) is 4.46. The van der Waals surface area contributed by atoms with Crippen molar-refractivity contribution in [2.75, 3.05) is 26.9 Å². The molecule has 5 nitrogen and oxygen atoms in total. The second-order valence-electron chi connectivity index (χ2n) is 5.71. The normalized spacial score (nSPS) is 31.4. The summed E-state index contributed by atoms with van der Waals surface area (Å²) in [5, 5.41) is 0. The highest BCUT2D eigenvalue weighted by molar-refractivity contribution is 5.29. The van der Waals surface area contributed by atoms with E-state index in [4.69, 9.17) is 19.9 Å². The van der Waals surface area contributed by atoms with Crippen LogP contribution >= 0.6 is 0 Å². The number of hydrogen-bond donors (Lipinski definition) is 1. The number of pyridine rings is 1. The van der Waals surface area contributed by atoms with Crippen molar-refractivity contribution in [3.8, 4) is 5.88 Å². The molecular formula is C15H22N2O3. The van der Waals surface area contributed by atoms with Gasteiger partial charge in [-0.05, 0) is 24.8 Å². The maximum atomic E-state index is 6.48. The van der Waals surface area contributed by atoms with Crippen LogP contribution in [0.3, 0.4) is 0 Å². The van der Waals surface area contributed by atoms with Gasteiger partial charge in [0.05, 0.1) is 19.3 Å². The summed E-state index contributed by atoms with van der Waals surface area (Å²) in [5.74, 6) is 1.01. The van der Waals surface area contributed by atoms with E-state index >= 15 is 0 Å². The summed E-state index contributed by atoms with van der Waals surface area (Å²) >= 11 is 0. The first-order valence-corrected chi connectivity index (χ1v) is 7.20. The molecule has 1 aromatic heterocycles. The van der Waals surface area contributed by atoms with Crippen LogP contribution in [0.4, 0.5) is 0 Å². The lowest BCUT2D eigenvalue weighted by Crippen LogP contribution is -2.43. The Hall–Kier alpha value is -1.17. The predicted octanol–water partition coefficient (Wildman–Crippen LogP) is 1.68. The lowest BCUT2D eigenvalue weighted by molar-refractivity contribution is -0.101. The minimum absolute atomic E-state index is 0.0694. The third kappa shape index (κ3) is 2.53. The van der Waals surface area contributed by atoms with E-state index in [1.165, 1.54) is 0 Å². The molecule has 0 bridgehead atoms. The molecular weight excluding hydrogens is 256 g/mol. The molecule has 3 rings (SSSR count). The SMILES string of the molecule is COc1ncccc1C(N)C1CCOC2(CCOC2)C1. The third-order valence-corrected chi connectivity index (χ3v) is 4.46. The van der Waals surface area contributed by atoms with Crippen LogP contribution in [0, 0.1) is 5.92 Å². The van der Waals surface area contributed by atoms with Crippen LogP contribution < -0.4 is 10.5 Å². The summed E-state index contributed by atoms with van der Waals surface area (Å²) in [4.78, 5) is 4.24. The van der Waals surface area contributed by atoms with Gasteiger partial charge >= 0.3 is 0 Å². The topological polar surface area (TPSA) is 66.6 Å². The molecule has 3 atom stereocenters. The summed E-state index contributed by atoms with van der Waals surface area (Å²) in [6.45, 7) is 2.24. The average molecular weight is 278 g/mol. The first-order chi connectivity index (χ1) is 9.74. The molecule has 5 heteroatoms. The molecule has 3 heterocycles. The Labute approximate surface area is 119 Å². The van der Waals surface area contributed by atoms with Crippen molar-refractivity contribution in [3.05, 3.63) is 23.9 Å². The molecule has 2 fully saturated rings. The fourth-order valence-electron chi connectivity index (χ4n) is 3.32. The number of nitrogens with two attached hydrogens (primary N) is 1. The van der Waals surface area contributed by atoms with Gasteiger partial charge in [-0.15, -0.1) is 0 Å². The zero-order valence-corrected chi connectivity index (χ0v) is 11.9. The van der Waals surface area contributed by atoms with Gasteiger partial charge in [-0.25, -0.2) is 4.98 Å². The first kappa shape index (κ1) is 13.8. The van der Waals surface area contributed by atoms with E-state index in [2.05, 4.69) is 4.98 Å². The van der Waals surface area contributed by atoms with E-state index < -0.39 is 0 Å². The Balaban J connectivity index is 1.77. The highest BCUT2D eigenvalue weighted by Gasteiger charge is 2.42. The number of rotatable bonds is 3. The minimum atomic E-state index is -0.115. The Bertz CT molecular complexity index is 460. The Morgan fingerprint density at radius 3 is 3.15 bits per heavy atom. The van der Waals surface area contributed by atoms with Crippen molar-refractivity contribution >= 4 is 0 Å². The summed E-state index contributed by atoms with van der Waals surface area (Å²) in [7, 11) is 1.63. The smallest absolute Gasteiger partial charge is 0.217 e. The summed E-state index contributed by atoms with van der Waals surface area (Å²) in [6, 6.07) is 3.84. The van der Waals surface area contributed by atoms with Crippen molar-refractivity contribution in [2.45, 2.75) is 30.9 Å². The number of nitrogens with zero attached hydrogens (tertiary/aromatic N) is 1. The molecule has 0 radical (unpaired) electrons. The van der Waals surface area contributed by atoms with Crippen LogP contribution in [-0.4, -0.2) is 37.5 Å². The van der Waals surface area contributed by atoms with E-state index in [0.717, 1.165) is 38.0 Å². The molecule has 2 saturated heterocycles. The van der Waals surface area contributed by atoms with Gasteiger partial charge in [0.1, 0.15) is 0 Å². The van der Waals surface area contributed by atoms with E-state index in [1.807, 2.05) is 12.1 Å². The molecule has 1 spiro atoms. The van der Waals surface area contributed by atoms with E-state index in [9.17, 15) is 0 Å². The Morgan fingerprint density at radius 1 is 1.50 bits per heavy atom. The number of ether oxygens (including phenoxy) is 3. The Kier molecular flexibility index (Phi) is 3.92. The van der Waals surface area contributed by atoms with Crippen molar-refractivity contribution in [3.63, 3.8) is 0 Å². The highest BCUT2D eigenvalue weighted by Crippen LogP contribution is 2.41.